The van der Waals surface area contributed by atoms with E-state index in [1.807, 2.05) is 24.3 Å². The maximum atomic E-state index is 11.2. The number of allylic oxidation sites excluding steroid dienone is 1. The smallest absolute Gasteiger partial charge is 0.312 e. The summed E-state index contributed by atoms with van der Waals surface area (Å²) in [6.45, 7) is 5.31. The molecule has 2 N–H and O–H groups in total. The van der Waals surface area contributed by atoms with Crippen molar-refractivity contribution in [3.8, 4) is 0 Å². The molecule has 4 heteroatoms. The highest BCUT2D eigenvalue weighted by molar-refractivity contribution is 14.1. The monoisotopic (exact) mass is 302 g/mol. The number of carbonyl (C=O) groups is 1. The van der Waals surface area contributed by atoms with Gasteiger partial charge in [-0.3, -0.25) is 0 Å². The third-order valence-electron chi connectivity index (χ3n) is 1.43. The zero-order chi connectivity index (χ0) is 10.6. The zero-order valence-electron chi connectivity index (χ0n) is 7.80. The van der Waals surface area contributed by atoms with E-state index in [0.717, 1.165) is 9.26 Å². The molecule has 1 aromatic rings. The van der Waals surface area contributed by atoms with E-state index in [4.69, 9.17) is 0 Å². The van der Waals surface area contributed by atoms with Gasteiger partial charge in [0.25, 0.3) is 0 Å². The number of urea groups is 1. The minimum atomic E-state index is -0.265. The van der Waals surface area contributed by atoms with E-state index in [2.05, 4.69) is 39.8 Å². The molecule has 0 radical (unpaired) electrons. The molecule has 2 amide bonds. The molecule has 0 bridgehead atoms. The number of benzene rings is 1. The van der Waals surface area contributed by atoms with E-state index in [9.17, 15) is 4.79 Å². The first kappa shape index (κ1) is 11.0. The van der Waals surface area contributed by atoms with E-state index in [1.54, 1.807) is 6.92 Å². The van der Waals surface area contributed by atoms with Crippen LogP contribution in [-0.2, 0) is 0 Å². The van der Waals surface area contributed by atoms with Crippen LogP contribution in [0.2, 0.25) is 0 Å². The lowest BCUT2D eigenvalue weighted by atomic mass is 10.3. The predicted octanol–water partition coefficient (Wildman–Crippen LogP) is 2.95. The molecular weight excluding hydrogens is 291 g/mol. The minimum Gasteiger partial charge on any atom is -0.312 e. The van der Waals surface area contributed by atoms with E-state index < -0.39 is 0 Å². The standard InChI is InChI=1S/C10H11IN2O/c1-7(2)12-10(14)13-9-5-3-8(11)4-6-9/h3-6H,1H2,2H3,(H2,12,13,14). The number of carbonyl (C=O) groups excluding carboxylic acids is 1. The molecule has 0 aliphatic carbocycles. The highest BCUT2D eigenvalue weighted by atomic mass is 127. The first-order valence-corrected chi connectivity index (χ1v) is 5.15. The first-order chi connectivity index (χ1) is 6.58. The van der Waals surface area contributed by atoms with E-state index in [-0.39, 0.29) is 6.03 Å². The number of anilines is 1. The van der Waals surface area contributed by atoms with Gasteiger partial charge in [0, 0.05) is 15.0 Å². The average Bonchev–Trinajstić information content (AvgIpc) is 2.07. The number of hydrogen-bond donors (Lipinski definition) is 2. The molecule has 1 rings (SSSR count). The van der Waals surface area contributed by atoms with Crippen molar-refractivity contribution in [2.75, 3.05) is 5.32 Å². The van der Waals surface area contributed by atoms with Gasteiger partial charge in [-0.2, -0.15) is 0 Å². The van der Waals surface area contributed by atoms with Gasteiger partial charge in [0.1, 0.15) is 0 Å². The second-order valence-corrected chi connectivity index (χ2v) is 4.11. The molecule has 0 unspecified atom stereocenters. The molecule has 3 nitrogen and oxygen atoms in total. The van der Waals surface area contributed by atoms with Crippen molar-refractivity contribution >= 4 is 34.3 Å². The maximum Gasteiger partial charge on any atom is 0.323 e. The first-order valence-electron chi connectivity index (χ1n) is 4.07. The molecule has 0 aromatic heterocycles. The number of rotatable bonds is 2. The van der Waals surface area contributed by atoms with Crippen LogP contribution >= 0.6 is 22.6 Å². The van der Waals surface area contributed by atoms with Crippen LogP contribution in [0.25, 0.3) is 0 Å². The van der Waals surface area contributed by atoms with Crippen molar-refractivity contribution in [1.82, 2.24) is 5.32 Å². The highest BCUT2D eigenvalue weighted by Gasteiger charge is 1.99. The molecule has 0 saturated carbocycles. The molecule has 14 heavy (non-hydrogen) atoms. The summed E-state index contributed by atoms with van der Waals surface area (Å²) in [5.74, 6) is 0. The van der Waals surface area contributed by atoms with Gasteiger partial charge in [-0.15, -0.1) is 0 Å². The summed E-state index contributed by atoms with van der Waals surface area (Å²) in [7, 11) is 0. The van der Waals surface area contributed by atoms with Gasteiger partial charge in [0.2, 0.25) is 0 Å². The minimum absolute atomic E-state index is 0.265. The highest BCUT2D eigenvalue weighted by Crippen LogP contribution is 2.10. The summed E-state index contributed by atoms with van der Waals surface area (Å²) in [5, 5.41) is 5.25. The lowest BCUT2D eigenvalue weighted by molar-refractivity contribution is 0.254. The summed E-state index contributed by atoms with van der Waals surface area (Å²) in [4.78, 5) is 11.2. The Hall–Kier alpha value is -1.04. The topological polar surface area (TPSA) is 41.1 Å². The largest absolute Gasteiger partial charge is 0.323 e. The van der Waals surface area contributed by atoms with Gasteiger partial charge < -0.3 is 10.6 Å². The van der Waals surface area contributed by atoms with E-state index >= 15 is 0 Å². The molecular formula is C10H11IN2O. The summed E-state index contributed by atoms with van der Waals surface area (Å²) < 4.78 is 1.13. The van der Waals surface area contributed by atoms with Crippen LogP contribution in [0.5, 0.6) is 0 Å². The summed E-state index contributed by atoms with van der Waals surface area (Å²) in [6.07, 6.45) is 0. The second kappa shape index (κ2) is 4.99. The predicted molar refractivity (Wildman–Crippen MR) is 66.1 cm³/mol. The fraction of sp³-hybridized carbons (Fsp3) is 0.100. The molecule has 0 heterocycles. The Morgan fingerprint density at radius 3 is 2.43 bits per heavy atom. The maximum absolute atomic E-state index is 11.2. The van der Waals surface area contributed by atoms with Gasteiger partial charge in [0.15, 0.2) is 0 Å². The third kappa shape index (κ3) is 3.78. The normalized spacial score (nSPS) is 9.29. The number of amides is 2. The second-order valence-electron chi connectivity index (χ2n) is 2.87. The Morgan fingerprint density at radius 2 is 1.93 bits per heavy atom. The van der Waals surface area contributed by atoms with Crippen LogP contribution in [0.4, 0.5) is 10.5 Å². The van der Waals surface area contributed by atoms with Gasteiger partial charge in [-0.25, -0.2) is 4.79 Å². The zero-order valence-corrected chi connectivity index (χ0v) is 9.96. The van der Waals surface area contributed by atoms with Crippen LogP contribution in [0.1, 0.15) is 6.92 Å². The Balaban J connectivity index is 2.56. The molecule has 1 aromatic carbocycles. The van der Waals surface area contributed by atoms with Gasteiger partial charge in [-0.05, 0) is 53.8 Å². The molecule has 0 saturated heterocycles. The number of nitrogens with one attached hydrogen (secondary N) is 2. The van der Waals surface area contributed by atoms with Crippen molar-refractivity contribution in [1.29, 1.82) is 0 Å². The van der Waals surface area contributed by atoms with E-state index in [1.165, 1.54) is 0 Å². The fourth-order valence-electron chi connectivity index (χ4n) is 0.889. The van der Waals surface area contributed by atoms with Crippen LogP contribution in [0, 0.1) is 3.57 Å². The summed E-state index contributed by atoms with van der Waals surface area (Å²) >= 11 is 2.21. The molecule has 0 fully saturated rings. The molecule has 0 atom stereocenters. The lowest BCUT2D eigenvalue weighted by Gasteiger charge is -2.06. The van der Waals surface area contributed by atoms with Crippen LogP contribution in [-0.4, -0.2) is 6.03 Å². The van der Waals surface area contributed by atoms with Crippen molar-refractivity contribution in [3.63, 3.8) is 0 Å². The number of halogens is 1. The molecule has 0 spiro atoms. The van der Waals surface area contributed by atoms with Crippen LogP contribution in [0.15, 0.2) is 36.5 Å². The Morgan fingerprint density at radius 1 is 1.36 bits per heavy atom. The van der Waals surface area contributed by atoms with E-state index in [0.29, 0.717) is 5.70 Å². The fourth-order valence-corrected chi connectivity index (χ4v) is 1.25. The van der Waals surface area contributed by atoms with Crippen LogP contribution in [0.3, 0.4) is 0 Å². The summed E-state index contributed by atoms with van der Waals surface area (Å²) in [5.41, 5.74) is 1.39. The van der Waals surface area contributed by atoms with Crippen LogP contribution < -0.4 is 10.6 Å². The lowest BCUT2D eigenvalue weighted by Crippen LogP contribution is -2.26. The SMILES string of the molecule is C=C(C)NC(=O)Nc1ccc(I)cc1. The Labute approximate surface area is 96.7 Å². The average molecular weight is 302 g/mol. The van der Waals surface area contributed by atoms with Crippen molar-refractivity contribution in [3.05, 3.63) is 40.1 Å². The molecule has 0 aliphatic rings. The van der Waals surface area contributed by atoms with Gasteiger partial charge in [-0.1, -0.05) is 6.58 Å². The quantitative estimate of drug-likeness (QED) is 0.810. The van der Waals surface area contributed by atoms with Crippen molar-refractivity contribution in [2.45, 2.75) is 6.92 Å². The Bertz CT molecular complexity index is 346. The van der Waals surface area contributed by atoms with Crippen molar-refractivity contribution < 1.29 is 4.79 Å². The Kier molecular flexibility index (Phi) is 3.94. The van der Waals surface area contributed by atoms with Crippen molar-refractivity contribution in [2.24, 2.45) is 0 Å². The summed E-state index contributed by atoms with van der Waals surface area (Å²) in [6, 6.07) is 7.28. The van der Waals surface area contributed by atoms with Gasteiger partial charge in [0.05, 0.1) is 0 Å². The number of hydrogen-bond acceptors (Lipinski definition) is 1. The molecule has 74 valence electrons. The van der Waals surface area contributed by atoms with Gasteiger partial charge >= 0.3 is 6.03 Å². The third-order valence-corrected chi connectivity index (χ3v) is 2.15. The molecule has 0 aliphatic heterocycles.